The second-order valence-corrected chi connectivity index (χ2v) is 1.21. The van der Waals surface area contributed by atoms with Crippen molar-refractivity contribution >= 4 is 15.9 Å². The van der Waals surface area contributed by atoms with Gasteiger partial charge in [-0.05, 0) is 0 Å². The number of hydrogen-bond donors (Lipinski definition) is 1. The fourth-order valence-electron chi connectivity index (χ4n) is 0. The minimum Gasteiger partial charge on any atom is -0.396 e. The van der Waals surface area contributed by atoms with E-state index < -0.39 is 0 Å². The van der Waals surface area contributed by atoms with Gasteiger partial charge in [-0.1, -0.05) is 15.9 Å². The van der Waals surface area contributed by atoms with E-state index in [0.29, 0.717) is 5.33 Å². The van der Waals surface area contributed by atoms with E-state index in [1.165, 1.54) is 0 Å². The van der Waals surface area contributed by atoms with Crippen molar-refractivity contribution in [3.05, 3.63) is 0 Å². The summed E-state index contributed by atoms with van der Waals surface area (Å²) in [6, 6.07) is 0. The molecule has 5 heavy (non-hydrogen) atoms. The molecule has 0 rings (SSSR count). The van der Waals surface area contributed by atoms with Gasteiger partial charge < -0.3 is 5.11 Å². The molecule has 0 aromatic heterocycles. The van der Waals surface area contributed by atoms with E-state index in [1.807, 2.05) is 0 Å². The summed E-state index contributed by atoms with van der Waals surface area (Å²) in [7, 11) is 0. The van der Waals surface area contributed by atoms with E-state index in [-0.39, 0.29) is 28.3 Å². The van der Waals surface area contributed by atoms with E-state index in [1.54, 1.807) is 0 Å². The zero-order valence-electron chi connectivity index (χ0n) is 2.74. The van der Waals surface area contributed by atoms with Crippen LogP contribution in [0.25, 0.3) is 0 Å². The van der Waals surface area contributed by atoms with Crippen molar-refractivity contribution in [2.45, 2.75) is 0 Å². The van der Waals surface area contributed by atoms with Gasteiger partial charge in [-0.25, -0.2) is 0 Å². The topological polar surface area (TPSA) is 20.2 Å². The van der Waals surface area contributed by atoms with Gasteiger partial charge >= 0.3 is 0 Å². The predicted octanol–water partition coefficient (Wildman–Crippen LogP) is 0.371. The van der Waals surface area contributed by atoms with Crippen LogP contribution in [0.2, 0.25) is 0 Å². The van der Waals surface area contributed by atoms with Gasteiger partial charge in [0.2, 0.25) is 0 Å². The maximum atomic E-state index is 7.83. The molecule has 1 N–H and O–H groups in total. The third-order valence-corrected chi connectivity index (χ3v) is 0.439. The number of aliphatic hydroxyl groups is 1. The average Bonchev–Trinajstić information content (AvgIpc) is 1.37. The Balaban J connectivity index is 0. The minimum absolute atomic E-state index is 0. The first-order chi connectivity index (χ1) is 1.91. The maximum Gasteiger partial charge on any atom is 0.0528 e. The summed E-state index contributed by atoms with van der Waals surface area (Å²) >= 11 is 3.00. The summed E-state index contributed by atoms with van der Waals surface area (Å²) in [5.74, 6) is 0. The molecule has 0 aliphatic heterocycles. The van der Waals surface area contributed by atoms with Gasteiger partial charge in [-0.2, -0.15) is 0 Å². The summed E-state index contributed by atoms with van der Waals surface area (Å²) < 4.78 is 0. The van der Waals surface area contributed by atoms with Gasteiger partial charge in [-0.15, -0.1) is 0 Å². The van der Waals surface area contributed by atoms with Crippen molar-refractivity contribution in [3.8, 4) is 0 Å². The molecule has 0 heterocycles. The van der Waals surface area contributed by atoms with Crippen LogP contribution in [-0.4, -0.2) is 17.0 Å². The third-order valence-electron chi connectivity index (χ3n) is 0.0845. The van der Waals surface area contributed by atoms with Crippen LogP contribution >= 0.6 is 15.9 Å². The smallest absolute Gasteiger partial charge is 0.0528 e. The first-order valence-electron chi connectivity index (χ1n) is 1.08. The van der Waals surface area contributed by atoms with Crippen molar-refractivity contribution in [3.63, 3.8) is 0 Å². The predicted molar refractivity (Wildman–Crippen MR) is 20.9 cm³/mol. The van der Waals surface area contributed by atoms with Crippen LogP contribution in [0, 0.1) is 0 Å². The third kappa shape index (κ3) is 11.1. The largest absolute Gasteiger partial charge is 0.396 e. The van der Waals surface area contributed by atoms with Gasteiger partial charge in [0.25, 0.3) is 0 Å². The Morgan fingerprint density at radius 2 is 1.80 bits per heavy atom. The Bertz CT molecular complexity index is 11.6. The molecule has 0 atom stereocenters. The molecule has 0 amide bonds. The molecule has 0 unspecified atom stereocenters. The van der Waals surface area contributed by atoms with Crippen LogP contribution in [0.15, 0.2) is 0 Å². The number of rotatable bonds is 1. The zero-order valence-corrected chi connectivity index (χ0v) is 5.89. The number of alkyl halides is 1. The summed E-state index contributed by atoms with van der Waals surface area (Å²) in [5, 5.41) is 8.52. The van der Waals surface area contributed by atoms with E-state index in [9.17, 15) is 0 Å². The van der Waals surface area contributed by atoms with E-state index in [2.05, 4.69) is 15.9 Å². The molecule has 0 fully saturated rings. The van der Waals surface area contributed by atoms with Crippen molar-refractivity contribution < 1.29 is 26.8 Å². The van der Waals surface area contributed by atoms with Gasteiger partial charge in [0.15, 0.2) is 0 Å². The monoisotopic (exact) mass is 172 g/mol. The molecule has 0 saturated heterocycles. The van der Waals surface area contributed by atoms with E-state index in [4.69, 9.17) is 5.11 Å². The van der Waals surface area contributed by atoms with Crippen molar-refractivity contribution in [2.75, 3.05) is 11.9 Å². The average molecular weight is 173 g/mol. The molecule has 0 aliphatic carbocycles. The Morgan fingerprint density at radius 3 is 1.80 bits per heavy atom. The quantitative estimate of drug-likeness (QED) is 0.448. The number of aliphatic hydroxyl groups excluding tert-OH is 1. The molecule has 0 aromatic carbocycles. The second kappa shape index (κ2) is 8.94. The van der Waals surface area contributed by atoms with Crippen LogP contribution in [0.5, 0.6) is 0 Å². The molecule has 0 aromatic rings. The molecule has 1 nitrogen and oxygen atoms in total. The van der Waals surface area contributed by atoms with Gasteiger partial charge in [0.05, 0.1) is 6.61 Å². The van der Waals surface area contributed by atoms with Gasteiger partial charge in [0, 0.05) is 27.0 Å². The summed E-state index contributed by atoms with van der Waals surface area (Å²) in [5.41, 5.74) is 0. The Hall–Kier alpha value is 1.15. The molecule has 0 aliphatic rings. The molecular weight excluding hydrogens is 168 g/mol. The SMILES string of the molecule is OCCBr.[Ti]. The first-order valence-corrected chi connectivity index (χ1v) is 2.20. The number of hydrogen-bond acceptors (Lipinski definition) is 1. The van der Waals surface area contributed by atoms with Gasteiger partial charge in [0.1, 0.15) is 0 Å². The Labute approximate surface area is 54.8 Å². The van der Waals surface area contributed by atoms with Crippen LogP contribution in [0.4, 0.5) is 0 Å². The first kappa shape index (κ1) is 9.47. The summed E-state index contributed by atoms with van der Waals surface area (Å²) in [6.07, 6.45) is 0. The van der Waals surface area contributed by atoms with Crippen LogP contribution < -0.4 is 0 Å². The standard InChI is InChI=1S/C2H5BrO.Ti/c3-1-2-4;/h4H,1-2H2;. The molecule has 30 valence electrons. The fourth-order valence-corrected chi connectivity index (χ4v) is 0. The molecule has 0 saturated carbocycles. The maximum absolute atomic E-state index is 7.83. The zero-order chi connectivity index (χ0) is 3.41. The fraction of sp³-hybridized carbons (Fsp3) is 1.00. The Kier molecular flexibility index (Phi) is 16.9. The number of halogens is 1. The van der Waals surface area contributed by atoms with E-state index >= 15 is 0 Å². The second-order valence-electron chi connectivity index (χ2n) is 0.413. The minimum atomic E-state index is 0. The van der Waals surface area contributed by atoms with E-state index in [0.717, 1.165) is 0 Å². The van der Waals surface area contributed by atoms with Crippen LogP contribution in [0.3, 0.4) is 0 Å². The summed E-state index contributed by atoms with van der Waals surface area (Å²) in [6.45, 7) is 0.236. The molecule has 0 radical (unpaired) electrons. The molecule has 0 bridgehead atoms. The molecular formula is C2H5BrOTi. The summed E-state index contributed by atoms with van der Waals surface area (Å²) in [4.78, 5) is 0. The van der Waals surface area contributed by atoms with Gasteiger partial charge in [-0.3, -0.25) is 0 Å². The Morgan fingerprint density at radius 1 is 1.60 bits per heavy atom. The molecule has 3 heteroatoms. The van der Waals surface area contributed by atoms with Crippen molar-refractivity contribution in [1.82, 2.24) is 0 Å². The van der Waals surface area contributed by atoms with Crippen LogP contribution in [-0.2, 0) is 21.7 Å². The van der Waals surface area contributed by atoms with Crippen molar-refractivity contribution in [2.24, 2.45) is 0 Å². The normalized spacial score (nSPS) is 6.00. The van der Waals surface area contributed by atoms with Crippen LogP contribution in [0.1, 0.15) is 0 Å². The molecule has 0 spiro atoms. The van der Waals surface area contributed by atoms with Crippen molar-refractivity contribution in [1.29, 1.82) is 0 Å².